The summed E-state index contributed by atoms with van der Waals surface area (Å²) in [6.45, 7) is 7.71. The molecule has 0 aliphatic heterocycles. The van der Waals surface area contributed by atoms with Crippen LogP contribution in [0.3, 0.4) is 0 Å². The predicted molar refractivity (Wildman–Crippen MR) is 53.6 cm³/mol. The normalized spacial score (nSPS) is 13.5. The van der Waals surface area contributed by atoms with Gasteiger partial charge in [-0.05, 0) is 27.2 Å². The Balaban J connectivity index is 3.74. The number of hydrogen-bond acceptors (Lipinski definition) is 4. The molecule has 0 aliphatic rings. The number of rotatable bonds is 4. The minimum Gasteiger partial charge on any atom is -0.444 e. The van der Waals surface area contributed by atoms with E-state index in [-0.39, 0.29) is 6.10 Å². The SMILES string of the molecule is CC[C@@H](CNC(=O)OC(C)(C)C)ON. The van der Waals surface area contributed by atoms with E-state index in [4.69, 9.17) is 10.6 Å². The molecule has 1 amide bonds. The van der Waals surface area contributed by atoms with Crippen molar-refractivity contribution >= 4 is 6.09 Å². The Hall–Kier alpha value is -0.810. The summed E-state index contributed by atoms with van der Waals surface area (Å²) in [4.78, 5) is 15.8. The van der Waals surface area contributed by atoms with Gasteiger partial charge in [-0.3, -0.25) is 4.84 Å². The zero-order valence-corrected chi connectivity index (χ0v) is 9.29. The molecular formula is C9H20N2O3. The molecule has 0 aliphatic carbocycles. The van der Waals surface area contributed by atoms with Crippen molar-refractivity contribution in [3.63, 3.8) is 0 Å². The van der Waals surface area contributed by atoms with Gasteiger partial charge in [0.05, 0.1) is 6.10 Å². The summed E-state index contributed by atoms with van der Waals surface area (Å²) in [6.07, 6.45) is 0.127. The van der Waals surface area contributed by atoms with E-state index in [1.807, 2.05) is 27.7 Å². The van der Waals surface area contributed by atoms with E-state index in [2.05, 4.69) is 10.2 Å². The molecule has 0 radical (unpaired) electrons. The minimum absolute atomic E-state index is 0.164. The molecule has 0 unspecified atom stereocenters. The molecule has 1 atom stereocenters. The smallest absolute Gasteiger partial charge is 0.407 e. The molecule has 0 bridgehead atoms. The van der Waals surface area contributed by atoms with E-state index >= 15 is 0 Å². The van der Waals surface area contributed by atoms with Crippen LogP contribution >= 0.6 is 0 Å². The van der Waals surface area contributed by atoms with Crippen LogP contribution < -0.4 is 11.2 Å². The molecule has 0 aromatic carbocycles. The lowest BCUT2D eigenvalue weighted by atomic mass is 10.2. The van der Waals surface area contributed by atoms with Crippen molar-refractivity contribution in [2.75, 3.05) is 6.54 Å². The van der Waals surface area contributed by atoms with Crippen molar-refractivity contribution in [2.24, 2.45) is 5.90 Å². The third-order valence-corrected chi connectivity index (χ3v) is 1.52. The monoisotopic (exact) mass is 204 g/mol. The fourth-order valence-corrected chi connectivity index (χ4v) is 0.800. The number of nitrogens with two attached hydrogens (primary N) is 1. The molecule has 84 valence electrons. The first-order chi connectivity index (χ1) is 6.39. The summed E-state index contributed by atoms with van der Waals surface area (Å²) in [6, 6.07) is 0. The lowest BCUT2D eigenvalue weighted by Crippen LogP contribution is -2.38. The van der Waals surface area contributed by atoms with E-state index in [0.717, 1.165) is 6.42 Å². The first-order valence-electron chi connectivity index (χ1n) is 4.71. The molecule has 0 saturated heterocycles. The number of alkyl carbamates (subject to hydrolysis) is 1. The standard InChI is InChI=1S/C9H20N2O3/c1-5-7(14-10)6-11-8(12)13-9(2,3)4/h7H,5-6,10H2,1-4H3,(H,11,12)/t7-/m0/s1. The van der Waals surface area contributed by atoms with Gasteiger partial charge in [-0.15, -0.1) is 0 Å². The topological polar surface area (TPSA) is 73.6 Å². The zero-order chi connectivity index (χ0) is 11.2. The summed E-state index contributed by atoms with van der Waals surface area (Å²) < 4.78 is 5.03. The Kier molecular flexibility index (Phi) is 5.49. The van der Waals surface area contributed by atoms with Crippen LogP contribution in [0, 0.1) is 0 Å². The van der Waals surface area contributed by atoms with Gasteiger partial charge >= 0.3 is 6.09 Å². The van der Waals surface area contributed by atoms with Crippen molar-refractivity contribution < 1.29 is 14.4 Å². The molecule has 14 heavy (non-hydrogen) atoms. The highest BCUT2D eigenvalue weighted by molar-refractivity contribution is 5.67. The van der Waals surface area contributed by atoms with Crippen LogP contribution in [0.5, 0.6) is 0 Å². The fraction of sp³-hybridized carbons (Fsp3) is 0.889. The second kappa shape index (κ2) is 5.82. The average Bonchev–Trinajstić information content (AvgIpc) is 2.03. The van der Waals surface area contributed by atoms with E-state index in [1.165, 1.54) is 0 Å². The number of hydrogen-bond donors (Lipinski definition) is 2. The van der Waals surface area contributed by atoms with Gasteiger partial charge in [-0.1, -0.05) is 6.92 Å². The van der Waals surface area contributed by atoms with Crippen LogP contribution in [-0.4, -0.2) is 24.3 Å². The summed E-state index contributed by atoms with van der Waals surface area (Å²) in [7, 11) is 0. The minimum atomic E-state index is -0.477. The quantitative estimate of drug-likeness (QED) is 0.674. The second-order valence-electron chi connectivity index (χ2n) is 4.05. The van der Waals surface area contributed by atoms with Gasteiger partial charge in [-0.2, -0.15) is 0 Å². The molecule has 0 fully saturated rings. The van der Waals surface area contributed by atoms with Crippen LogP contribution in [0.1, 0.15) is 34.1 Å². The number of nitrogens with one attached hydrogen (secondary N) is 1. The molecule has 0 heterocycles. The van der Waals surface area contributed by atoms with Gasteiger partial charge in [0.25, 0.3) is 0 Å². The highest BCUT2D eigenvalue weighted by Gasteiger charge is 2.16. The summed E-state index contributed by atoms with van der Waals surface area (Å²) in [5, 5.41) is 2.57. The Morgan fingerprint density at radius 1 is 1.50 bits per heavy atom. The van der Waals surface area contributed by atoms with Gasteiger partial charge in [0.1, 0.15) is 5.60 Å². The predicted octanol–water partition coefficient (Wildman–Crippen LogP) is 1.18. The third-order valence-electron chi connectivity index (χ3n) is 1.52. The number of carbonyl (C=O) groups excluding carboxylic acids is 1. The van der Waals surface area contributed by atoms with Crippen LogP contribution in [-0.2, 0) is 9.57 Å². The van der Waals surface area contributed by atoms with Crippen molar-refractivity contribution in [1.82, 2.24) is 5.32 Å². The maximum absolute atomic E-state index is 11.2. The first-order valence-corrected chi connectivity index (χ1v) is 4.71. The Labute approximate surface area is 84.9 Å². The van der Waals surface area contributed by atoms with Gasteiger partial charge < -0.3 is 10.1 Å². The maximum atomic E-state index is 11.2. The Morgan fingerprint density at radius 3 is 2.43 bits per heavy atom. The van der Waals surface area contributed by atoms with Crippen LogP contribution in [0.15, 0.2) is 0 Å². The third kappa shape index (κ3) is 6.68. The van der Waals surface area contributed by atoms with Crippen molar-refractivity contribution in [3.05, 3.63) is 0 Å². The van der Waals surface area contributed by atoms with Gasteiger partial charge in [0.2, 0.25) is 0 Å². The largest absolute Gasteiger partial charge is 0.444 e. The van der Waals surface area contributed by atoms with Crippen LogP contribution in [0.4, 0.5) is 4.79 Å². The number of carbonyl (C=O) groups is 1. The molecule has 0 rings (SSSR count). The van der Waals surface area contributed by atoms with Crippen molar-refractivity contribution in [3.8, 4) is 0 Å². The zero-order valence-electron chi connectivity index (χ0n) is 9.29. The van der Waals surface area contributed by atoms with Gasteiger partial charge in [0, 0.05) is 6.54 Å². The fourth-order valence-electron chi connectivity index (χ4n) is 0.800. The van der Waals surface area contributed by atoms with Gasteiger partial charge in [-0.25, -0.2) is 10.7 Å². The Bertz CT molecular complexity index is 173. The second-order valence-corrected chi connectivity index (χ2v) is 4.05. The molecule has 0 aromatic heterocycles. The van der Waals surface area contributed by atoms with Crippen LogP contribution in [0.2, 0.25) is 0 Å². The molecule has 0 spiro atoms. The lowest BCUT2D eigenvalue weighted by molar-refractivity contribution is 0.0334. The van der Waals surface area contributed by atoms with E-state index in [1.54, 1.807) is 0 Å². The summed E-state index contributed by atoms with van der Waals surface area (Å²) >= 11 is 0. The highest BCUT2D eigenvalue weighted by Crippen LogP contribution is 2.06. The molecule has 5 heteroatoms. The molecular weight excluding hydrogens is 184 g/mol. The van der Waals surface area contributed by atoms with Crippen LogP contribution in [0.25, 0.3) is 0 Å². The highest BCUT2D eigenvalue weighted by atomic mass is 16.6. The molecule has 5 nitrogen and oxygen atoms in total. The van der Waals surface area contributed by atoms with Crippen molar-refractivity contribution in [2.45, 2.75) is 45.8 Å². The maximum Gasteiger partial charge on any atom is 0.407 e. The summed E-state index contributed by atoms with van der Waals surface area (Å²) in [5.41, 5.74) is -0.477. The number of amides is 1. The number of ether oxygens (including phenoxy) is 1. The lowest BCUT2D eigenvalue weighted by Gasteiger charge is -2.20. The molecule has 0 saturated carbocycles. The van der Waals surface area contributed by atoms with Crippen molar-refractivity contribution in [1.29, 1.82) is 0 Å². The van der Waals surface area contributed by atoms with E-state index in [9.17, 15) is 4.79 Å². The molecule has 3 N–H and O–H groups in total. The Morgan fingerprint density at radius 2 is 2.07 bits per heavy atom. The van der Waals surface area contributed by atoms with E-state index < -0.39 is 11.7 Å². The van der Waals surface area contributed by atoms with E-state index in [0.29, 0.717) is 6.54 Å². The molecule has 0 aromatic rings. The average molecular weight is 204 g/mol. The first kappa shape index (κ1) is 13.2. The summed E-state index contributed by atoms with van der Waals surface area (Å²) in [5.74, 6) is 5.00. The van der Waals surface area contributed by atoms with Gasteiger partial charge in [0.15, 0.2) is 0 Å².